The molecule has 0 saturated heterocycles. The SMILES string of the molecule is Cc1nccnc1C(C)N(CC(=O)O)c1ccccc1. The van der Waals surface area contributed by atoms with Crippen LogP contribution in [0.25, 0.3) is 0 Å². The summed E-state index contributed by atoms with van der Waals surface area (Å²) in [6.45, 7) is 3.73. The van der Waals surface area contributed by atoms with Gasteiger partial charge < -0.3 is 10.0 Å². The van der Waals surface area contributed by atoms with Crippen molar-refractivity contribution in [2.45, 2.75) is 19.9 Å². The van der Waals surface area contributed by atoms with E-state index in [-0.39, 0.29) is 12.6 Å². The minimum Gasteiger partial charge on any atom is -0.480 e. The maximum absolute atomic E-state index is 11.1. The van der Waals surface area contributed by atoms with Gasteiger partial charge in [-0.25, -0.2) is 0 Å². The predicted molar refractivity (Wildman–Crippen MR) is 76.6 cm³/mol. The van der Waals surface area contributed by atoms with E-state index in [1.165, 1.54) is 0 Å². The van der Waals surface area contributed by atoms with E-state index in [0.29, 0.717) is 0 Å². The minimum absolute atomic E-state index is 0.0821. The molecule has 5 heteroatoms. The van der Waals surface area contributed by atoms with Gasteiger partial charge in [0.25, 0.3) is 0 Å². The molecular formula is C15H17N3O2. The summed E-state index contributed by atoms with van der Waals surface area (Å²) in [5, 5.41) is 9.13. The summed E-state index contributed by atoms with van der Waals surface area (Å²) >= 11 is 0. The van der Waals surface area contributed by atoms with Crippen LogP contribution in [0, 0.1) is 6.92 Å². The van der Waals surface area contributed by atoms with Crippen molar-refractivity contribution in [1.29, 1.82) is 0 Å². The number of aliphatic carboxylic acids is 1. The smallest absolute Gasteiger partial charge is 0.323 e. The average Bonchev–Trinajstić information content (AvgIpc) is 2.45. The number of aryl methyl sites for hydroxylation is 1. The molecule has 0 saturated carbocycles. The molecule has 0 radical (unpaired) electrons. The number of hydrogen-bond donors (Lipinski definition) is 1. The van der Waals surface area contributed by atoms with E-state index in [1.54, 1.807) is 17.3 Å². The van der Waals surface area contributed by atoms with Gasteiger partial charge in [0.2, 0.25) is 0 Å². The fourth-order valence-electron chi connectivity index (χ4n) is 2.19. The molecule has 1 unspecified atom stereocenters. The molecular weight excluding hydrogens is 254 g/mol. The summed E-state index contributed by atoms with van der Waals surface area (Å²) in [4.78, 5) is 21.5. The molecule has 0 aliphatic carbocycles. The first-order valence-electron chi connectivity index (χ1n) is 6.40. The molecule has 0 aliphatic rings. The van der Waals surface area contributed by atoms with Crippen LogP contribution in [0.3, 0.4) is 0 Å². The topological polar surface area (TPSA) is 66.3 Å². The lowest BCUT2D eigenvalue weighted by Gasteiger charge is -2.29. The third-order valence-electron chi connectivity index (χ3n) is 3.18. The van der Waals surface area contributed by atoms with Crippen molar-refractivity contribution in [3.8, 4) is 0 Å². The summed E-state index contributed by atoms with van der Waals surface area (Å²) < 4.78 is 0. The van der Waals surface area contributed by atoms with Gasteiger partial charge in [-0.15, -0.1) is 0 Å². The van der Waals surface area contributed by atoms with Gasteiger partial charge in [0.15, 0.2) is 0 Å². The number of carboxylic acid groups (broad SMARTS) is 1. The van der Waals surface area contributed by atoms with Crippen LogP contribution in [0.5, 0.6) is 0 Å². The van der Waals surface area contributed by atoms with E-state index >= 15 is 0 Å². The van der Waals surface area contributed by atoms with Crippen LogP contribution in [-0.2, 0) is 4.79 Å². The van der Waals surface area contributed by atoms with Gasteiger partial charge in [0.05, 0.1) is 17.4 Å². The summed E-state index contributed by atoms with van der Waals surface area (Å²) in [5.41, 5.74) is 2.45. The Morgan fingerprint density at radius 3 is 2.50 bits per heavy atom. The zero-order chi connectivity index (χ0) is 14.5. The number of aromatic nitrogens is 2. The largest absolute Gasteiger partial charge is 0.480 e. The standard InChI is InChI=1S/C15H17N3O2/c1-11-15(17-9-8-16-11)12(2)18(10-14(19)20)13-6-4-3-5-7-13/h3-9,12H,10H2,1-2H3,(H,19,20). The second-order valence-corrected chi connectivity index (χ2v) is 4.56. The second-order valence-electron chi connectivity index (χ2n) is 4.56. The quantitative estimate of drug-likeness (QED) is 0.904. The molecule has 104 valence electrons. The number of carboxylic acids is 1. The Morgan fingerprint density at radius 2 is 1.90 bits per heavy atom. The maximum atomic E-state index is 11.1. The van der Waals surface area contributed by atoms with Gasteiger partial charge in [-0.3, -0.25) is 14.8 Å². The second kappa shape index (κ2) is 6.14. The molecule has 1 aromatic heterocycles. The molecule has 0 amide bonds. The molecule has 0 bridgehead atoms. The molecule has 2 aromatic rings. The third kappa shape index (κ3) is 3.12. The van der Waals surface area contributed by atoms with Crippen molar-refractivity contribution >= 4 is 11.7 Å². The summed E-state index contributed by atoms with van der Waals surface area (Å²) in [7, 11) is 0. The summed E-state index contributed by atoms with van der Waals surface area (Å²) in [5.74, 6) is -0.873. The Morgan fingerprint density at radius 1 is 1.25 bits per heavy atom. The molecule has 1 heterocycles. The third-order valence-corrected chi connectivity index (χ3v) is 3.18. The molecule has 1 atom stereocenters. The Labute approximate surface area is 117 Å². The van der Waals surface area contributed by atoms with E-state index in [4.69, 9.17) is 5.11 Å². The van der Waals surface area contributed by atoms with Gasteiger partial charge in [-0.2, -0.15) is 0 Å². The molecule has 1 N–H and O–H groups in total. The highest BCUT2D eigenvalue weighted by Crippen LogP contribution is 2.26. The fourth-order valence-corrected chi connectivity index (χ4v) is 2.19. The summed E-state index contributed by atoms with van der Waals surface area (Å²) in [6, 6.07) is 9.31. The lowest BCUT2D eigenvalue weighted by Crippen LogP contribution is -2.33. The predicted octanol–water partition coefficient (Wildman–Crippen LogP) is 2.44. The molecule has 20 heavy (non-hydrogen) atoms. The van der Waals surface area contributed by atoms with Crippen LogP contribution < -0.4 is 4.90 Å². The van der Waals surface area contributed by atoms with E-state index < -0.39 is 5.97 Å². The van der Waals surface area contributed by atoms with Crippen molar-refractivity contribution in [1.82, 2.24) is 9.97 Å². The number of hydrogen-bond acceptors (Lipinski definition) is 4. The molecule has 1 aromatic carbocycles. The van der Waals surface area contributed by atoms with Crippen LogP contribution in [0.1, 0.15) is 24.4 Å². The minimum atomic E-state index is -0.873. The van der Waals surface area contributed by atoms with Gasteiger partial charge in [0, 0.05) is 18.1 Å². The number of para-hydroxylation sites is 1. The maximum Gasteiger partial charge on any atom is 0.323 e. The molecule has 0 spiro atoms. The Balaban J connectivity index is 2.37. The van der Waals surface area contributed by atoms with Crippen LogP contribution in [0.4, 0.5) is 5.69 Å². The molecule has 0 fully saturated rings. The Kier molecular flexibility index (Phi) is 4.30. The van der Waals surface area contributed by atoms with Crippen molar-refractivity contribution in [2.75, 3.05) is 11.4 Å². The Bertz CT molecular complexity index is 587. The normalized spacial score (nSPS) is 11.9. The molecule has 0 aliphatic heterocycles. The zero-order valence-corrected chi connectivity index (χ0v) is 11.5. The summed E-state index contributed by atoms with van der Waals surface area (Å²) in [6.07, 6.45) is 3.26. The lowest BCUT2D eigenvalue weighted by atomic mass is 10.1. The van der Waals surface area contributed by atoms with Gasteiger partial charge >= 0.3 is 5.97 Å². The van der Waals surface area contributed by atoms with E-state index in [0.717, 1.165) is 17.1 Å². The van der Waals surface area contributed by atoms with Crippen LogP contribution in [0.15, 0.2) is 42.7 Å². The highest BCUT2D eigenvalue weighted by molar-refractivity contribution is 5.74. The highest BCUT2D eigenvalue weighted by Gasteiger charge is 2.21. The van der Waals surface area contributed by atoms with E-state index in [2.05, 4.69) is 9.97 Å². The van der Waals surface area contributed by atoms with Crippen molar-refractivity contribution in [2.24, 2.45) is 0 Å². The zero-order valence-electron chi connectivity index (χ0n) is 11.5. The first-order valence-corrected chi connectivity index (χ1v) is 6.40. The van der Waals surface area contributed by atoms with Crippen molar-refractivity contribution < 1.29 is 9.90 Å². The first kappa shape index (κ1) is 14.0. The fraction of sp³-hybridized carbons (Fsp3) is 0.267. The van der Waals surface area contributed by atoms with Crippen LogP contribution in [-0.4, -0.2) is 27.6 Å². The monoisotopic (exact) mass is 271 g/mol. The first-order chi connectivity index (χ1) is 9.59. The van der Waals surface area contributed by atoms with Crippen LogP contribution in [0.2, 0.25) is 0 Å². The van der Waals surface area contributed by atoms with Gasteiger partial charge in [-0.05, 0) is 26.0 Å². The van der Waals surface area contributed by atoms with Gasteiger partial charge in [-0.1, -0.05) is 18.2 Å². The lowest BCUT2D eigenvalue weighted by molar-refractivity contribution is -0.135. The van der Waals surface area contributed by atoms with Crippen molar-refractivity contribution in [3.05, 3.63) is 54.1 Å². The number of benzene rings is 1. The number of anilines is 1. The molecule has 2 rings (SSSR count). The number of nitrogens with zero attached hydrogens (tertiary/aromatic N) is 3. The van der Waals surface area contributed by atoms with Gasteiger partial charge in [0.1, 0.15) is 6.54 Å². The number of carbonyl (C=O) groups is 1. The average molecular weight is 271 g/mol. The van der Waals surface area contributed by atoms with Crippen molar-refractivity contribution in [3.63, 3.8) is 0 Å². The van der Waals surface area contributed by atoms with Crippen LogP contribution >= 0.6 is 0 Å². The Hall–Kier alpha value is -2.43. The molecule has 5 nitrogen and oxygen atoms in total. The van der Waals surface area contributed by atoms with E-state index in [1.807, 2.05) is 44.2 Å². The highest BCUT2D eigenvalue weighted by atomic mass is 16.4. The number of rotatable bonds is 5. The van der Waals surface area contributed by atoms with E-state index in [9.17, 15) is 4.79 Å².